The fraction of sp³-hybridized carbons (Fsp3) is 0.929. The molecule has 0 aliphatic carbocycles. The van der Waals surface area contributed by atoms with Crippen molar-refractivity contribution in [1.29, 1.82) is 0 Å². The number of likely N-dealkylation sites (tertiary alicyclic amines) is 1. The van der Waals surface area contributed by atoms with Crippen molar-refractivity contribution in [3.05, 3.63) is 0 Å². The topological polar surface area (TPSA) is 52.6 Å². The highest BCUT2D eigenvalue weighted by atomic mass is 19.4. The van der Waals surface area contributed by atoms with Crippen molar-refractivity contribution in [1.82, 2.24) is 10.2 Å². The summed E-state index contributed by atoms with van der Waals surface area (Å²) in [5.74, 6) is -0.276. The number of nitrogens with zero attached hydrogens (tertiary/aromatic N) is 1. The van der Waals surface area contributed by atoms with Crippen LogP contribution in [0.2, 0.25) is 0 Å². The molecule has 21 heavy (non-hydrogen) atoms. The Morgan fingerprint density at radius 2 is 2.05 bits per heavy atom. The van der Waals surface area contributed by atoms with E-state index in [0.717, 1.165) is 13.1 Å². The summed E-state index contributed by atoms with van der Waals surface area (Å²) in [6.45, 7) is 5.35. The molecule has 2 N–H and O–H groups in total. The van der Waals surface area contributed by atoms with Gasteiger partial charge in [-0.2, -0.15) is 13.2 Å². The summed E-state index contributed by atoms with van der Waals surface area (Å²) in [6, 6.07) is -0.224. The van der Waals surface area contributed by atoms with Gasteiger partial charge in [0.05, 0.1) is 6.54 Å². The third kappa shape index (κ3) is 8.26. The van der Waals surface area contributed by atoms with Gasteiger partial charge in [-0.1, -0.05) is 13.8 Å². The van der Waals surface area contributed by atoms with E-state index in [1.807, 2.05) is 0 Å². The molecule has 0 spiro atoms. The van der Waals surface area contributed by atoms with E-state index in [2.05, 4.69) is 24.1 Å². The lowest BCUT2D eigenvalue weighted by atomic mass is 9.90. The van der Waals surface area contributed by atoms with Crippen molar-refractivity contribution >= 4 is 5.97 Å². The molecule has 0 aromatic heterocycles. The Kier molecular flexibility index (Phi) is 6.93. The summed E-state index contributed by atoms with van der Waals surface area (Å²) in [5.41, 5.74) is 0. The summed E-state index contributed by atoms with van der Waals surface area (Å²) in [7, 11) is 0. The third-order valence-electron chi connectivity index (χ3n) is 3.59. The van der Waals surface area contributed by atoms with Crippen molar-refractivity contribution in [2.24, 2.45) is 11.8 Å². The van der Waals surface area contributed by atoms with Crippen LogP contribution in [0.15, 0.2) is 0 Å². The number of aliphatic carboxylic acids is 1. The average Bonchev–Trinajstić information content (AvgIpc) is 2.32. The van der Waals surface area contributed by atoms with Gasteiger partial charge >= 0.3 is 12.1 Å². The Labute approximate surface area is 123 Å². The number of carboxylic acids is 1. The summed E-state index contributed by atoms with van der Waals surface area (Å²) in [5, 5.41) is 11.3. The molecule has 1 rings (SSSR count). The molecule has 1 saturated heterocycles. The largest absolute Gasteiger partial charge is 0.481 e. The van der Waals surface area contributed by atoms with Crippen molar-refractivity contribution in [2.45, 2.75) is 45.3 Å². The molecule has 0 saturated carbocycles. The molecule has 2 atom stereocenters. The van der Waals surface area contributed by atoms with Gasteiger partial charge in [0.15, 0.2) is 0 Å². The third-order valence-corrected chi connectivity index (χ3v) is 3.59. The highest BCUT2D eigenvalue weighted by Gasteiger charge is 2.32. The van der Waals surface area contributed by atoms with Gasteiger partial charge < -0.3 is 15.3 Å². The Bertz CT molecular complexity index is 335. The predicted molar refractivity (Wildman–Crippen MR) is 74.1 cm³/mol. The van der Waals surface area contributed by atoms with E-state index < -0.39 is 18.7 Å². The number of nitrogens with one attached hydrogen (secondary N) is 1. The standard InChI is InChI=1S/C14H25F3N2O2/c1-10(2)6-19-7-11(3-4-13(20)21)5-12(8-19)18-9-14(15,16)17/h10-12,18H,3-9H2,1-2H3,(H,20,21). The Hall–Kier alpha value is -0.820. The fourth-order valence-corrected chi connectivity index (χ4v) is 2.91. The summed E-state index contributed by atoms with van der Waals surface area (Å²) >= 11 is 0. The summed E-state index contributed by atoms with van der Waals surface area (Å²) in [6.07, 6.45) is -3.00. The van der Waals surface area contributed by atoms with Crippen molar-refractivity contribution < 1.29 is 23.1 Å². The van der Waals surface area contributed by atoms with Crippen LogP contribution in [-0.4, -0.2) is 54.4 Å². The van der Waals surface area contributed by atoms with E-state index in [9.17, 15) is 18.0 Å². The minimum Gasteiger partial charge on any atom is -0.481 e. The van der Waals surface area contributed by atoms with E-state index in [1.165, 1.54) is 0 Å². The number of halogens is 3. The van der Waals surface area contributed by atoms with Crippen molar-refractivity contribution in [2.75, 3.05) is 26.2 Å². The van der Waals surface area contributed by atoms with E-state index in [4.69, 9.17) is 5.11 Å². The second-order valence-electron chi connectivity index (χ2n) is 6.34. The normalized spacial score (nSPS) is 24.5. The van der Waals surface area contributed by atoms with Crippen LogP contribution in [-0.2, 0) is 4.79 Å². The molecular weight excluding hydrogens is 285 g/mol. The van der Waals surface area contributed by atoms with E-state index >= 15 is 0 Å². The molecule has 1 fully saturated rings. The minimum atomic E-state index is -4.21. The van der Waals surface area contributed by atoms with Crippen LogP contribution < -0.4 is 5.32 Å². The first-order valence-corrected chi connectivity index (χ1v) is 7.40. The Balaban J connectivity index is 2.54. The first kappa shape index (κ1) is 18.2. The Morgan fingerprint density at radius 1 is 1.38 bits per heavy atom. The van der Waals surface area contributed by atoms with E-state index in [1.54, 1.807) is 0 Å². The molecule has 124 valence electrons. The number of carbonyl (C=O) groups is 1. The van der Waals surface area contributed by atoms with Crippen LogP contribution in [0.3, 0.4) is 0 Å². The second-order valence-corrected chi connectivity index (χ2v) is 6.34. The SMILES string of the molecule is CC(C)CN1CC(CCC(=O)O)CC(NCC(F)(F)F)C1. The van der Waals surface area contributed by atoms with Gasteiger partial charge in [0.25, 0.3) is 0 Å². The fourth-order valence-electron chi connectivity index (χ4n) is 2.91. The summed E-state index contributed by atoms with van der Waals surface area (Å²) < 4.78 is 36.9. The molecule has 0 aromatic carbocycles. The molecule has 1 aliphatic rings. The van der Waals surface area contributed by atoms with Gasteiger partial charge in [0.2, 0.25) is 0 Å². The number of hydrogen-bond acceptors (Lipinski definition) is 3. The molecule has 0 radical (unpaired) electrons. The average molecular weight is 310 g/mol. The van der Waals surface area contributed by atoms with Crippen LogP contribution in [0.25, 0.3) is 0 Å². The van der Waals surface area contributed by atoms with Gasteiger partial charge in [-0.3, -0.25) is 4.79 Å². The van der Waals surface area contributed by atoms with Crippen LogP contribution >= 0.6 is 0 Å². The molecular formula is C14H25F3N2O2. The zero-order valence-corrected chi connectivity index (χ0v) is 12.6. The lowest BCUT2D eigenvalue weighted by Gasteiger charge is -2.39. The predicted octanol–water partition coefficient (Wildman–Crippen LogP) is 2.35. The number of carboxylic acid groups (broad SMARTS) is 1. The molecule has 0 amide bonds. The van der Waals surface area contributed by atoms with Gasteiger partial charge in [-0.25, -0.2) is 0 Å². The monoisotopic (exact) mass is 310 g/mol. The van der Waals surface area contributed by atoms with Crippen LogP contribution in [0.1, 0.15) is 33.1 Å². The van der Waals surface area contributed by atoms with Crippen molar-refractivity contribution in [3.63, 3.8) is 0 Å². The lowest BCUT2D eigenvalue weighted by Crippen LogP contribution is -2.51. The zero-order valence-electron chi connectivity index (χ0n) is 12.6. The van der Waals surface area contributed by atoms with Gasteiger partial charge in [-0.05, 0) is 24.7 Å². The van der Waals surface area contributed by atoms with Crippen LogP contribution in [0.5, 0.6) is 0 Å². The molecule has 1 heterocycles. The highest BCUT2D eigenvalue weighted by molar-refractivity contribution is 5.66. The first-order valence-electron chi connectivity index (χ1n) is 7.40. The highest BCUT2D eigenvalue weighted by Crippen LogP contribution is 2.23. The maximum absolute atomic E-state index is 12.3. The van der Waals surface area contributed by atoms with Gasteiger partial charge in [0, 0.05) is 32.1 Å². The lowest BCUT2D eigenvalue weighted by molar-refractivity contribution is -0.137. The van der Waals surface area contributed by atoms with Crippen LogP contribution in [0, 0.1) is 11.8 Å². The zero-order chi connectivity index (χ0) is 16.0. The smallest absolute Gasteiger partial charge is 0.401 e. The first-order chi connectivity index (χ1) is 9.65. The quantitative estimate of drug-likeness (QED) is 0.758. The number of rotatable bonds is 7. The van der Waals surface area contributed by atoms with E-state index in [-0.39, 0.29) is 18.4 Å². The van der Waals surface area contributed by atoms with Gasteiger partial charge in [0.1, 0.15) is 0 Å². The van der Waals surface area contributed by atoms with Crippen LogP contribution in [0.4, 0.5) is 13.2 Å². The number of piperidine rings is 1. The molecule has 1 aliphatic heterocycles. The molecule has 0 bridgehead atoms. The number of hydrogen-bond donors (Lipinski definition) is 2. The van der Waals surface area contributed by atoms with Crippen molar-refractivity contribution in [3.8, 4) is 0 Å². The van der Waals surface area contributed by atoms with E-state index in [0.29, 0.717) is 25.3 Å². The molecule has 2 unspecified atom stereocenters. The number of alkyl halides is 3. The maximum Gasteiger partial charge on any atom is 0.401 e. The van der Waals surface area contributed by atoms with Gasteiger partial charge in [-0.15, -0.1) is 0 Å². The molecule has 0 aromatic rings. The minimum absolute atomic E-state index is 0.0756. The summed E-state index contributed by atoms with van der Waals surface area (Å²) in [4.78, 5) is 12.8. The second kappa shape index (κ2) is 7.98. The maximum atomic E-state index is 12.3. The molecule has 4 nitrogen and oxygen atoms in total. The molecule has 7 heteroatoms. The Morgan fingerprint density at radius 3 is 2.57 bits per heavy atom.